The number of methoxy groups -OCH3 is 1. The Balaban J connectivity index is -0.000000313. The summed E-state index contributed by atoms with van der Waals surface area (Å²) < 4.78 is 9.67. The molecule has 0 aromatic rings. The average molecular weight is 277 g/mol. The number of hydrogen-bond donors (Lipinski definition) is 0. The fourth-order valence-electron chi connectivity index (χ4n) is 1.39. The van der Waals surface area contributed by atoms with E-state index in [1.165, 1.54) is 0 Å². The number of piperidine rings is 1. The molecule has 5 nitrogen and oxygen atoms in total. The Morgan fingerprint density at radius 2 is 1.58 bits per heavy atom. The standard InChI is InChI=1S/C9H17NO2.C2H6O.C2H6.CH2O/c1-8(11)7-12-9-3-5-10(2)6-4-9;1-3-2;2*1-2/h9H,3-7H2,1-2H3;1-2H3;1-2H3;1H2. The van der Waals surface area contributed by atoms with E-state index in [1.807, 2.05) is 20.6 Å². The number of likely N-dealkylation sites (tertiary alicyclic amines) is 1. The molecule has 0 atom stereocenters. The van der Waals surface area contributed by atoms with E-state index < -0.39 is 0 Å². The third-order valence-corrected chi connectivity index (χ3v) is 2.19. The Morgan fingerprint density at radius 3 is 1.89 bits per heavy atom. The lowest BCUT2D eigenvalue weighted by Gasteiger charge is -2.28. The van der Waals surface area contributed by atoms with Crippen LogP contribution in [0.2, 0.25) is 0 Å². The lowest BCUT2D eigenvalue weighted by atomic mass is 10.1. The second-order valence-corrected chi connectivity index (χ2v) is 3.92. The van der Waals surface area contributed by atoms with Gasteiger partial charge in [-0.25, -0.2) is 0 Å². The zero-order valence-corrected chi connectivity index (χ0v) is 13.4. The number of carbonyl (C=O) groups excluding carboxylic acids is 2. The normalized spacial score (nSPS) is 14.8. The molecule has 1 heterocycles. The SMILES string of the molecule is C=O.CC.CC(=O)COC1CCN(C)CC1.COC. The van der Waals surface area contributed by atoms with Gasteiger partial charge in [0.2, 0.25) is 0 Å². The van der Waals surface area contributed by atoms with Gasteiger partial charge in [-0.05, 0) is 26.8 Å². The van der Waals surface area contributed by atoms with Gasteiger partial charge in [0, 0.05) is 27.3 Å². The smallest absolute Gasteiger partial charge is 0.155 e. The molecule has 0 aromatic heterocycles. The number of carbonyl (C=O) groups is 2. The van der Waals surface area contributed by atoms with Crippen LogP contribution in [-0.2, 0) is 19.1 Å². The average Bonchev–Trinajstić information content (AvgIpc) is 2.43. The van der Waals surface area contributed by atoms with Crippen molar-refractivity contribution in [3.8, 4) is 0 Å². The molecule has 5 heteroatoms. The molecule has 0 amide bonds. The van der Waals surface area contributed by atoms with Crippen molar-refractivity contribution in [3.63, 3.8) is 0 Å². The van der Waals surface area contributed by atoms with E-state index in [1.54, 1.807) is 21.1 Å². The Bertz CT molecular complexity index is 180. The van der Waals surface area contributed by atoms with Gasteiger partial charge in [0.1, 0.15) is 13.4 Å². The van der Waals surface area contributed by atoms with Crippen molar-refractivity contribution >= 4 is 12.6 Å². The van der Waals surface area contributed by atoms with Gasteiger partial charge >= 0.3 is 0 Å². The Hall–Kier alpha value is -0.780. The molecule has 0 unspecified atom stereocenters. The van der Waals surface area contributed by atoms with E-state index in [9.17, 15) is 4.79 Å². The molecule has 0 spiro atoms. The van der Waals surface area contributed by atoms with Gasteiger partial charge in [0.05, 0.1) is 6.10 Å². The van der Waals surface area contributed by atoms with E-state index in [0.717, 1.165) is 25.9 Å². The van der Waals surface area contributed by atoms with Crippen molar-refractivity contribution < 1.29 is 19.1 Å². The van der Waals surface area contributed by atoms with E-state index in [0.29, 0.717) is 6.10 Å². The van der Waals surface area contributed by atoms with Crippen LogP contribution in [0.1, 0.15) is 33.6 Å². The quantitative estimate of drug-likeness (QED) is 0.787. The fourth-order valence-corrected chi connectivity index (χ4v) is 1.39. The van der Waals surface area contributed by atoms with Gasteiger partial charge in [-0.1, -0.05) is 13.8 Å². The summed E-state index contributed by atoms with van der Waals surface area (Å²) in [7, 11) is 5.36. The highest BCUT2D eigenvalue weighted by molar-refractivity contribution is 5.76. The monoisotopic (exact) mass is 277 g/mol. The third kappa shape index (κ3) is 19.7. The Morgan fingerprint density at radius 1 is 1.21 bits per heavy atom. The van der Waals surface area contributed by atoms with Crippen molar-refractivity contribution in [1.82, 2.24) is 4.90 Å². The molecule has 19 heavy (non-hydrogen) atoms. The first kappa shape index (κ1) is 23.3. The number of nitrogens with zero attached hydrogens (tertiary/aromatic N) is 1. The maximum Gasteiger partial charge on any atom is 0.155 e. The molecule has 1 aliphatic rings. The minimum atomic E-state index is 0.119. The minimum absolute atomic E-state index is 0.119. The third-order valence-electron chi connectivity index (χ3n) is 2.19. The molecule has 1 fully saturated rings. The molecule has 0 saturated carbocycles. The number of ketones is 1. The summed E-state index contributed by atoms with van der Waals surface area (Å²) in [6.07, 6.45) is 2.43. The molecule has 1 rings (SSSR count). The molecule has 0 radical (unpaired) electrons. The van der Waals surface area contributed by atoms with Crippen LogP contribution < -0.4 is 0 Å². The van der Waals surface area contributed by atoms with Crippen LogP contribution in [0.3, 0.4) is 0 Å². The molecule has 0 aromatic carbocycles. The zero-order valence-electron chi connectivity index (χ0n) is 13.4. The minimum Gasteiger partial charge on any atom is -0.388 e. The first-order valence-corrected chi connectivity index (χ1v) is 6.58. The second-order valence-electron chi connectivity index (χ2n) is 3.92. The maximum atomic E-state index is 10.6. The van der Waals surface area contributed by atoms with Crippen LogP contribution in [0.15, 0.2) is 0 Å². The van der Waals surface area contributed by atoms with Crippen LogP contribution in [0.25, 0.3) is 0 Å². The van der Waals surface area contributed by atoms with Crippen molar-refractivity contribution in [2.75, 3.05) is 41.0 Å². The highest BCUT2D eigenvalue weighted by Crippen LogP contribution is 2.11. The summed E-state index contributed by atoms with van der Waals surface area (Å²) in [6, 6.07) is 0. The molecule has 0 bridgehead atoms. The lowest BCUT2D eigenvalue weighted by molar-refractivity contribution is -0.124. The Labute approximate surface area is 118 Å². The molecule has 116 valence electrons. The fraction of sp³-hybridized carbons (Fsp3) is 0.857. The summed E-state index contributed by atoms with van der Waals surface area (Å²) in [5.41, 5.74) is 0. The van der Waals surface area contributed by atoms with Gasteiger partial charge in [0.15, 0.2) is 5.78 Å². The summed E-state index contributed by atoms with van der Waals surface area (Å²) in [5.74, 6) is 0.119. The summed E-state index contributed by atoms with van der Waals surface area (Å²) in [5, 5.41) is 0. The van der Waals surface area contributed by atoms with Crippen LogP contribution >= 0.6 is 0 Å². The van der Waals surface area contributed by atoms with Gasteiger partial charge in [-0.15, -0.1) is 0 Å². The molecule has 1 aliphatic heterocycles. The highest BCUT2D eigenvalue weighted by Gasteiger charge is 2.16. The van der Waals surface area contributed by atoms with Crippen LogP contribution in [-0.4, -0.2) is 64.5 Å². The number of ether oxygens (including phenoxy) is 2. The van der Waals surface area contributed by atoms with Crippen molar-refractivity contribution in [2.24, 2.45) is 0 Å². The molecular weight excluding hydrogens is 246 g/mol. The summed E-state index contributed by atoms with van der Waals surface area (Å²) in [6.45, 7) is 10.0. The van der Waals surface area contributed by atoms with Crippen molar-refractivity contribution in [2.45, 2.75) is 39.7 Å². The van der Waals surface area contributed by atoms with Crippen LogP contribution in [0.5, 0.6) is 0 Å². The zero-order chi connectivity index (χ0) is 15.7. The predicted molar refractivity (Wildman–Crippen MR) is 78.6 cm³/mol. The first-order chi connectivity index (χ1) is 9.10. The first-order valence-electron chi connectivity index (χ1n) is 6.58. The van der Waals surface area contributed by atoms with Crippen molar-refractivity contribution in [1.29, 1.82) is 0 Å². The van der Waals surface area contributed by atoms with E-state index >= 15 is 0 Å². The largest absolute Gasteiger partial charge is 0.388 e. The van der Waals surface area contributed by atoms with Crippen LogP contribution in [0.4, 0.5) is 0 Å². The van der Waals surface area contributed by atoms with Gasteiger partial charge in [0.25, 0.3) is 0 Å². The molecule has 0 aliphatic carbocycles. The lowest BCUT2D eigenvalue weighted by Crippen LogP contribution is -2.34. The van der Waals surface area contributed by atoms with Crippen molar-refractivity contribution in [3.05, 3.63) is 0 Å². The van der Waals surface area contributed by atoms with E-state index in [-0.39, 0.29) is 12.4 Å². The van der Waals surface area contributed by atoms with Crippen LogP contribution in [0, 0.1) is 0 Å². The second kappa shape index (κ2) is 19.6. The number of Topliss-reactive ketones (excluding diaryl/α,β-unsaturated/α-hetero) is 1. The highest BCUT2D eigenvalue weighted by atomic mass is 16.5. The predicted octanol–water partition coefficient (Wildman–Crippen LogP) is 1.79. The summed E-state index contributed by atoms with van der Waals surface area (Å²) in [4.78, 5) is 20.9. The van der Waals surface area contributed by atoms with Gasteiger partial charge in [-0.2, -0.15) is 0 Å². The van der Waals surface area contributed by atoms with E-state index in [2.05, 4.69) is 16.7 Å². The Kier molecular flexibility index (Phi) is 24.0. The number of hydrogen-bond acceptors (Lipinski definition) is 5. The maximum absolute atomic E-state index is 10.6. The topological polar surface area (TPSA) is 55.8 Å². The van der Waals surface area contributed by atoms with E-state index in [4.69, 9.17) is 9.53 Å². The molecular formula is C14H31NO4. The molecule has 1 saturated heterocycles. The summed E-state index contributed by atoms with van der Waals surface area (Å²) >= 11 is 0. The molecule has 0 N–H and O–H groups in total. The van der Waals surface area contributed by atoms with Gasteiger partial charge in [-0.3, -0.25) is 4.79 Å². The van der Waals surface area contributed by atoms with Gasteiger partial charge < -0.3 is 19.2 Å². The number of rotatable bonds is 3.